The number of methoxy groups -OCH3 is 1. The third-order valence-corrected chi connectivity index (χ3v) is 3.28. The van der Waals surface area contributed by atoms with Gasteiger partial charge in [0, 0.05) is 19.0 Å². The molecule has 0 rings (SSSR count). The second kappa shape index (κ2) is 11.7. The van der Waals surface area contributed by atoms with Gasteiger partial charge in [0.05, 0.1) is 6.61 Å². The summed E-state index contributed by atoms with van der Waals surface area (Å²) in [4.78, 5) is 0. The number of unbranched alkanes of at least 4 members (excludes halogenated alkanes) is 1. The molecule has 0 amide bonds. The molecule has 0 aromatic carbocycles. The third-order valence-electron chi connectivity index (χ3n) is 3.06. The standard InChI is InChI=1S/C13H28ClNO/c1-4-6-7-12(5-2)10-15-13(8-9-14)11-16-3/h12-13,15H,4-11H2,1-3H3. The van der Waals surface area contributed by atoms with Gasteiger partial charge in [-0.25, -0.2) is 0 Å². The smallest absolute Gasteiger partial charge is 0.0616 e. The fourth-order valence-corrected chi connectivity index (χ4v) is 2.12. The maximum Gasteiger partial charge on any atom is 0.0616 e. The van der Waals surface area contributed by atoms with Gasteiger partial charge in [0.15, 0.2) is 0 Å². The summed E-state index contributed by atoms with van der Waals surface area (Å²) in [7, 11) is 1.75. The van der Waals surface area contributed by atoms with Gasteiger partial charge in [-0.15, -0.1) is 11.6 Å². The van der Waals surface area contributed by atoms with Crippen LogP contribution in [-0.2, 0) is 4.74 Å². The van der Waals surface area contributed by atoms with Crippen LogP contribution in [0.25, 0.3) is 0 Å². The minimum atomic E-state index is 0.415. The van der Waals surface area contributed by atoms with Crippen LogP contribution in [0.15, 0.2) is 0 Å². The minimum Gasteiger partial charge on any atom is -0.383 e. The van der Waals surface area contributed by atoms with Gasteiger partial charge in [-0.2, -0.15) is 0 Å². The molecule has 0 radical (unpaired) electrons. The number of alkyl halides is 1. The Hall–Kier alpha value is 0.210. The zero-order chi connectivity index (χ0) is 12.2. The Morgan fingerprint density at radius 1 is 1.25 bits per heavy atom. The molecule has 0 saturated heterocycles. The molecule has 0 saturated carbocycles. The molecule has 2 atom stereocenters. The van der Waals surface area contributed by atoms with Crippen LogP contribution >= 0.6 is 11.6 Å². The maximum absolute atomic E-state index is 5.77. The molecule has 0 bridgehead atoms. The lowest BCUT2D eigenvalue weighted by molar-refractivity contribution is 0.161. The molecule has 0 aromatic rings. The molecule has 0 spiro atoms. The molecule has 0 fully saturated rings. The van der Waals surface area contributed by atoms with Gasteiger partial charge in [-0.3, -0.25) is 0 Å². The number of rotatable bonds is 11. The van der Waals surface area contributed by atoms with Gasteiger partial charge in [0.1, 0.15) is 0 Å². The van der Waals surface area contributed by atoms with E-state index in [0.29, 0.717) is 11.9 Å². The third kappa shape index (κ3) is 8.37. The first kappa shape index (κ1) is 16.2. The van der Waals surface area contributed by atoms with E-state index in [4.69, 9.17) is 16.3 Å². The van der Waals surface area contributed by atoms with Crippen LogP contribution in [0, 0.1) is 5.92 Å². The van der Waals surface area contributed by atoms with Crippen LogP contribution in [0.3, 0.4) is 0 Å². The highest BCUT2D eigenvalue weighted by atomic mass is 35.5. The Morgan fingerprint density at radius 3 is 2.50 bits per heavy atom. The van der Waals surface area contributed by atoms with Crippen molar-refractivity contribution in [1.82, 2.24) is 5.32 Å². The average molecular weight is 250 g/mol. The lowest BCUT2D eigenvalue weighted by Gasteiger charge is -2.21. The summed E-state index contributed by atoms with van der Waals surface area (Å²) in [6, 6.07) is 0.415. The van der Waals surface area contributed by atoms with Crippen molar-refractivity contribution in [2.45, 2.75) is 52.0 Å². The van der Waals surface area contributed by atoms with E-state index in [-0.39, 0.29) is 0 Å². The van der Waals surface area contributed by atoms with Gasteiger partial charge < -0.3 is 10.1 Å². The SMILES string of the molecule is CCCCC(CC)CNC(CCCl)COC. The van der Waals surface area contributed by atoms with Gasteiger partial charge in [0.25, 0.3) is 0 Å². The van der Waals surface area contributed by atoms with E-state index >= 15 is 0 Å². The van der Waals surface area contributed by atoms with Crippen LogP contribution in [0.2, 0.25) is 0 Å². The Balaban J connectivity index is 3.76. The van der Waals surface area contributed by atoms with Crippen LogP contribution in [0.4, 0.5) is 0 Å². The maximum atomic E-state index is 5.77. The molecule has 0 aliphatic heterocycles. The molecule has 2 unspecified atom stereocenters. The monoisotopic (exact) mass is 249 g/mol. The summed E-state index contributed by atoms with van der Waals surface area (Å²) in [6.07, 6.45) is 6.21. The van der Waals surface area contributed by atoms with Crippen LogP contribution in [0.1, 0.15) is 46.0 Å². The summed E-state index contributed by atoms with van der Waals surface area (Å²) in [5.41, 5.74) is 0. The molecular weight excluding hydrogens is 222 g/mol. The fraction of sp³-hybridized carbons (Fsp3) is 1.00. The van der Waals surface area contributed by atoms with E-state index in [1.807, 2.05) is 0 Å². The molecule has 0 aromatic heterocycles. The van der Waals surface area contributed by atoms with Crippen molar-refractivity contribution in [2.24, 2.45) is 5.92 Å². The second-order valence-corrected chi connectivity index (χ2v) is 4.83. The van der Waals surface area contributed by atoms with Gasteiger partial charge in [0.2, 0.25) is 0 Å². The fourth-order valence-electron chi connectivity index (χ4n) is 1.85. The first-order valence-electron chi connectivity index (χ1n) is 6.56. The number of ether oxygens (including phenoxy) is 1. The highest BCUT2D eigenvalue weighted by Crippen LogP contribution is 2.11. The molecule has 98 valence electrons. The van der Waals surface area contributed by atoms with Crippen molar-refractivity contribution in [3.05, 3.63) is 0 Å². The van der Waals surface area contributed by atoms with Crippen LogP contribution in [-0.4, -0.2) is 32.2 Å². The van der Waals surface area contributed by atoms with Crippen molar-refractivity contribution in [3.8, 4) is 0 Å². The van der Waals surface area contributed by atoms with Crippen molar-refractivity contribution in [3.63, 3.8) is 0 Å². The summed E-state index contributed by atoms with van der Waals surface area (Å²) in [5.74, 6) is 1.50. The Kier molecular flexibility index (Phi) is 11.8. The van der Waals surface area contributed by atoms with E-state index in [1.165, 1.54) is 25.7 Å². The van der Waals surface area contributed by atoms with Crippen molar-refractivity contribution in [2.75, 3.05) is 26.1 Å². The molecule has 16 heavy (non-hydrogen) atoms. The Morgan fingerprint density at radius 2 is 2.00 bits per heavy atom. The molecule has 0 heterocycles. The van der Waals surface area contributed by atoms with Gasteiger partial charge in [-0.05, 0) is 25.3 Å². The predicted octanol–water partition coefficient (Wildman–Crippen LogP) is 3.44. The molecular formula is C13H28ClNO. The minimum absolute atomic E-state index is 0.415. The van der Waals surface area contributed by atoms with Crippen molar-refractivity contribution >= 4 is 11.6 Å². The zero-order valence-electron chi connectivity index (χ0n) is 11.1. The second-order valence-electron chi connectivity index (χ2n) is 4.45. The zero-order valence-corrected chi connectivity index (χ0v) is 11.9. The van der Waals surface area contributed by atoms with E-state index < -0.39 is 0 Å². The lowest BCUT2D eigenvalue weighted by Crippen LogP contribution is -2.37. The first-order chi connectivity index (χ1) is 7.78. The highest BCUT2D eigenvalue weighted by Gasteiger charge is 2.10. The lowest BCUT2D eigenvalue weighted by atomic mass is 9.99. The normalized spacial score (nSPS) is 15.0. The number of halogens is 1. The highest BCUT2D eigenvalue weighted by molar-refractivity contribution is 6.17. The molecule has 0 aliphatic rings. The summed E-state index contributed by atoms with van der Waals surface area (Å²) < 4.78 is 5.18. The van der Waals surface area contributed by atoms with E-state index in [1.54, 1.807) is 7.11 Å². The topological polar surface area (TPSA) is 21.3 Å². The molecule has 3 heteroatoms. The number of hydrogen-bond acceptors (Lipinski definition) is 2. The molecule has 1 N–H and O–H groups in total. The van der Waals surface area contributed by atoms with Crippen molar-refractivity contribution < 1.29 is 4.74 Å². The van der Waals surface area contributed by atoms with E-state index in [2.05, 4.69) is 19.2 Å². The first-order valence-corrected chi connectivity index (χ1v) is 7.10. The number of hydrogen-bond donors (Lipinski definition) is 1. The van der Waals surface area contributed by atoms with Crippen LogP contribution < -0.4 is 5.32 Å². The van der Waals surface area contributed by atoms with Crippen LogP contribution in [0.5, 0.6) is 0 Å². The Bertz CT molecular complexity index is 138. The van der Waals surface area contributed by atoms with Gasteiger partial charge >= 0.3 is 0 Å². The van der Waals surface area contributed by atoms with E-state index in [0.717, 1.165) is 25.5 Å². The largest absolute Gasteiger partial charge is 0.383 e. The average Bonchev–Trinajstić information content (AvgIpc) is 2.30. The summed E-state index contributed by atoms with van der Waals surface area (Å²) in [6.45, 7) is 6.38. The molecule has 0 aliphatic carbocycles. The van der Waals surface area contributed by atoms with Gasteiger partial charge in [-0.1, -0.05) is 33.1 Å². The number of nitrogens with one attached hydrogen (secondary N) is 1. The summed E-state index contributed by atoms with van der Waals surface area (Å²) in [5, 5.41) is 3.57. The van der Waals surface area contributed by atoms with E-state index in [9.17, 15) is 0 Å². The molecule has 2 nitrogen and oxygen atoms in total. The predicted molar refractivity (Wildman–Crippen MR) is 72.3 cm³/mol. The van der Waals surface area contributed by atoms with Crippen molar-refractivity contribution in [1.29, 1.82) is 0 Å². The summed E-state index contributed by atoms with van der Waals surface area (Å²) >= 11 is 5.77. The Labute approximate surface area is 106 Å². The quantitative estimate of drug-likeness (QED) is 0.567.